The van der Waals surface area contributed by atoms with E-state index >= 15 is 0 Å². The molecule has 0 saturated carbocycles. The molecule has 0 aliphatic rings. The third-order valence-corrected chi connectivity index (χ3v) is 4.39. The minimum Gasteiger partial charge on any atom is -0.334 e. The summed E-state index contributed by atoms with van der Waals surface area (Å²) in [5.41, 5.74) is 6.24. The van der Waals surface area contributed by atoms with E-state index < -0.39 is 0 Å². The number of hydrogen-bond acceptors (Lipinski definition) is 3. The van der Waals surface area contributed by atoms with Gasteiger partial charge in [-0.25, -0.2) is 4.98 Å². The predicted molar refractivity (Wildman–Crippen MR) is 81.2 cm³/mol. The van der Waals surface area contributed by atoms with Crippen molar-refractivity contribution >= 4 is 0 Å². The van der Waals surface area contributed by atoms with E-state index in [9.17, 15) is 0 Å². The second-order valence-corrected chi connectivity index (χ2v) is 5.29. The summed E-state index contributed by atoms with van der Waals surface area (Å²) >= 11 is 0. The molecule has 0 amide bonds. The Balaban J connectivity index is 2.74. The topological polar surface area (TPSA) is 47.1 Å². The lowest BCUT2D eigenvalue weighted by Gasteiger charge is -2.42. The van der Waals surface area contributed by atoms with E-state index in [0.717, 1.165) is 44.8 Å². The third kappa shape index (κ3) is 3.80. The molecule has 0 unspecified atom stereocenters. The number of aromatic nitrogens is 2. The Bertz CT molecular complexity index is 347. The summed E-state index contributed by atoms with van der Waals surface area (Å²) in [4.78, 5) is 6.86. The molecule has 4 heteroatoms. The third-order valence-electron chi connectivity index (χ3n) is 4.39. The van der Waals surface area contributed by atoms with Crippen LogP contribution in [0.15, 0.2) is 12.4 Å². The molecule has 2 N–H and O–H groups in total. The van der Waals surface area contributed by atoms with Crippen molar-refractivity contribution in [2.24, 2.45) is 5.73 Å². The molecule has 1 heterocycles. The van der Waals surface area contributed by atoms with Crippen LogP contribution in [-0.4, -0.2) is 39.6 Å². The van der Waals surface area contributed by atoms with Crippen LogP contribution in [0.4, 0.5) is 0 Å². The van der Waals surface area contributed by atoms with E-state index in [1.807, 2.05) is 6.20 Å². The number of nitrogens with zero attached hydrogens (tertiary/aromatic N) is 3. The van der Waals surface area contributed by atoms with Gasteiger partial charge in [-0.15, -0.1) is 0 Å². The summed E-state index contributed by atoms with van der Waals surface area (Å²) in [5, 5.41) is 0. The maximum absolute atomic E-state index is 6.08. The molecule has 0 atom stereocenters. The Kier molecular flexibility index (Phi) is 6.52. The van der Waals surface area contributed by atoms with Crippen molar-refractivity contribution in [2.45, 2.75) is 59.0 Å². The van der Waals surface area contributed by atoms with E-state index in [4.69, 9.17) is 5.73 Å². The Morgan fingerprint density at radius 3 is 2.37 bits per heavy atom. The van der Waals surface area contributed by atoms with Crippen molar-refractivity contribution in [3.8, 4) is 0 Å². The Labute approximate surface area is 118 Å². The van der Waals surface area contributed by atoms with Gasteiger partial charge in [0.2, 0.25) is 0 Å². The molecule has 1 aromatic heterocycles. The highest BCUT2D eigenvalue weighted by Crippen LogP contribution is 2.23. The maximum atomic E-state index is 6.08. The monoisotopic (exact) mass is 266 g/mol. The minimum atomic E-state index is 0.157. The highest BCUT2D eigenvalue weighted by atomic mass is 15.2. The summed E-state index contributed by atoms with van der Waals surface area (Å²) in [6, 6.07) is 0. The van der Waals surface area contributed by atoms with E-state index in [0.29, 0.717) is 0 Å². The first kappa shape index (κ1) is 16.2. The molecule has 4 nitrogen and oxygen atoms in total. The molecular weight excluding hydrogens is 236 g/mol. The highest BCUT2D eigenvalue weighted by molar-refractivity contribution is 4.92. The van der Waals surface area contributed by atoms with Gasteiger partial charge in [0.05, 0.1) is 0 Å². The standard InChI is InChI=1S/C15H30N4/c1-5-9-19(15(6-2,7-3)13-16)12-11-18-10-8-17-14(18)4/h8,10H,5-7,9,11-13,16H2,1-4H3. The number of nitrogens with two attached hydrogens (primary N) is 1. The largest absolute Gasteiger partial charge is 0.334 e. The molecule has 110 valence electrons. The van der Waals surface area contributed by atoms with Crippen LogP contribution in [0.3, 0.4) is 0 Å². The maximum Gasteiger partial charge on any atom is 0.105 e. The Morgan fingerprint density at radius 2 is 1.95 bits per heavy atom. The Morgan fingerprint density at radius 1 is 1.26 bits per heavy atom. The number of rotatable bonds is 9. The summed E-state index contributed by atoms with van der Waals surface area (Å²) in [5.74, 6) is 1.09. The first-order valence-electron chi connectivity index (χ1n) is 7.56. The van der Waals surface area contributed by atoms with Crippen LogP contribution in [0.25, 0.3) is 0 Å². The lowest BCUT2D eigenvalue weighted by Crippen LogP contribution is -2.54. The number of imidazole rings is 1. The molecule has 0 aliphatic carbocycles. The second kappa shape index (κ2) is 7.65. The Hall–Kier alpha value is -0.870. The average molecular weight is 266 g/mol. The smallest absolute Gasteiger partial charge is 0.105 e. The van der Waals surface area contributed by atoms with Crippen LogP contribution >= 0.6 is 0 Å². The van der Waals surface area contributed by atoms with Gasteiger partial charge < -0.3 is 10.3 Å². The zero-order valence-corrected chi connectivity index (χ0v) is 13.0. The van der Waals surface area contributed by atoms with Crippen molar-refractivity contribution in [1.29, 1.82) is 0 Å². The lowest BCUT2D eigenvalue weighted by atomic mass is 9.90. The normalized spacial score (nSPS) is 12.3. The van der Waals surface area contributed by atoms with Crippen LogP contribution in [-0.2, 0) is 6.54 Å². The van der Waals surface area contributed by atoms with Gasteiger partial charge in [0.1, 0.15) is 5.82 Å². The van der Waals surface area contributed by atoms with Gasteiger partial charge in [-0.2, -0.15) is 0 Å². The zero-order chi connectivity index (χ0) is 14.3. The van der Waals surface area contributed by atoms with Crippen molar-refractivity contribution < 1.29 is 0 Å². The van der Waals surface area contributed by atoms with E-state index in [-0.39, 0.29) is 5.54 Å². The molecule has 0 saturated heterocycles. The molecule has 1 aromatic rings. The molecule has 0 fully saturated rings. The van der Waals surface area contributed by atoms with Gasteiger partial charge in [0.15, 0.2) is 0 Å². The van der Waals surface area contributed by atoms with Crippen molar-refractivity contribution in [3.63, 3.8) is 0 Å². The van der Waals surface area contributed by atoms with E-state index in [2.05, 4.69) is 48.3 Å². The fourth-order valence-electron chi connectivity index (χ4n) is 2.84. The molecule has 0 radical (unpaired) electrons. The second-order valence-electron chi connectivity index (χ2n) is 5.29. The van der Waals surface area contributed by atoms with Crippen LogP contribution < -0.4 is 5.73 Å². The zero-order valence-electron chi connectivity index (χ0n) is 13.0. The van der Waals surface area contributed by atoms with Gasteiger partial charge in [0.25, 0.3) is 0 Å². The summed E-state index contributed by atoms with van der Waals surface area (Å²) < 4.78 is 2.22. The van der Waals surface area contributed by atoms with Crippen LogP contribution in [0.5, 0.6) is 0 Å². The molecule has 19 heavy (non-hydrogen) atoms. The number of aryl methyl sites for hydroxylation is 1. The van der Waals surface area contributed by atoms with E-state index in [1.165, 1.54) is 6.42 Å². The van der Waals surface area contributed by atoms with Gasteiger partial charge in [-0.1, -0.05) is 20.8 Å². The van der Waals surface area contributed by atoms with Gasteiger partial charge in [-0.05, 0) is 32.7 Å². The van der Waals surface area contributed by atoms with Gasteiger partial charge in [0, 0.05) is 37.6 Å². The summed E-state index contributed by atoms with van der Waals surface area (Å²) in [6.45, 7) is 12.7. The summed E-state index contributed by atoms with van der Waals surface area (Å²) in [6.07, 6.45) is 7.33. The van der Waals surface area contributed by atoms with Crippen LogP contribution in [0.1, 0.15) is 45.9 Å². The molecule has 0 aliphatic heterocycles. The molecule has 0 aromatic carbocycles. The van der Waals surface area contributed by atoms with Crippen LogP contribution in [0.2, 0.25) is 0 Å². The lowest BCUT2D eigenvalue weighted by molar-refractivity contribution is 0.0804. The average Bonchev–Trinajstić information content (AvgIpc) is 2.84. The molecular formula is C15H30N4. The SMILES string of the molecule is CCCN(CCn1ccnc1C)C(CC)(CC)CN. The van der Waals surface area contributed by atoms with Crippen LogP contribution in [0, 0.1) is 6.92 Å². The van der Waals surface area contributed by atoms with Crippen molar-refractivity contribution in [3.05, 3.63) is 18.2 Å². The first-order valence-corrected chi connectivity index (χ1v) is 7.56. The highest BCUT2D eigenvalue weighted by Gasteiger charge is 2.31. The van der Waals surface area contributed by atoms with Crippen molar-refractivity contribution in [2.75, 3.05) is 19.6 Å². The fourth-order valence-corrected chi connectivity index (χ4v) is 2.84. The molecule has 1 rings (SSSR count). The fraction of sp³-hybridized carbons (Fsp3) is 0.800. The van der Waals surface area contributed by atoms with E-state index in [1.54, 1.807) is 0 Å². The predicted octanol–water partition coefficient (Wildman–Crippen LogP) is 2.42. The van der Waals surface area contributed by atoms with Gasteiger partial charge >= 0.3 is 0 Å². The van der Waals surface area contributed by atoms with Crippen molar-refractivity contribution in [1.82, 2.24) is 14.5 Å². The van der Waals surface area contributed by atoms with Gasteiger partial charge in [-0.3, -0.25) is 4.90 Å². The molecule has 0 bridgehead atoms. The number of hydrogen-bond donors (Lipinski definition) is 1. The first-order chi connectivity index (χ1) is 9.13. The quantitative estimate of drug-likeness (QED) is 0.746. The molecule has 0 spiro atoms. The minimum absolute atomic E-state index is 0.157. The summed E-state index contributed by atoms with van der Waals surface area (Å²) in [7, 11) is 0.